The predicted octanol–water partition coefficient (Wildman–Crippen LogP) is 11.1. The van der Waals surface area contributed by atoms with Crippen LogP contribution < -0.4 is 18.9 Å². The SMILES string of the molecule is CCOC(C)Oc1ccc(C(c2ccc(OC(C)OCC)cc2)c2ccc(C(c3ccc(OC(C)OCC)cc3)c3ccc(OC(C)OCC)cc3)cc2)cc1. The first-order valence-electron chi connectivity index (χ1n) is 19.8. The Hall–Kier alpha value is -4.86. The minimum atomic E-state index is -0.335. The molecule has 0 saturated heterocycles. The fourth-order valence-corrected chi connectivity index (χ4v) is 6.83. The van der Waals surface area contributed by atoms with Gasteiger partial charge in [-0.15, -0.1) is 0 Å². The van der Waals surface area contributed by atoms with E-state index in [4.69, 9.17) is 37.9 Å². The van der Waals surface area contributed by atoms with Gasteiger partial charge in [0.15, 0.2) is 25.2 Å². The lowest BCUT2D eigenvalue weighted by Gasteiger charge is -2.23. The summed E-state index contributed by atoms with van der Waals surface area (Å²) in [5.74, 6) is 2.93. The smallest absolute Gasteiger partial charge is 0.196 e. The molecule has 0 radical (unpaired) electrons. The third kappa shape index (κ3) is 12.1. The lowest BCUT2D eigenvalue weighted by atomic mass is 9.81. The molecule has 0 aromatic heterocycles. The molecule has 0 amide bonds. The monoisotopic (exact) mass is 762 g/mol. The highest BCUT2D eigenvalue weighted by Gasteiger charge is 2.22. The van der Waals surface area contributed by atoms with Crippen LogP contribution in [0.15, 0.2) is 121 Å². The first-order valence-corrected chi connectivity index (χ1v) is 19.8. The van der Waals surface area contributed by atoms with Crippen molar-refractivity contribution in [1.29, 1.82) is 0 Å². The molecule has 5 rings (SSSR count). The molecule has 0 N–H and O–H groups in total. The van der Waals surface area contributed by atoms with Gasteiger partial charge in [0.1, 0.15) is 23.0 Å². The van der Waals surface area contributed by atoms with Crippen LogP contribution in [0, 0.1) is 0 Å². The molecule has 5 aromatic carbocycles. The molecule has 8 nitrogen and oxygen atoms in total. The molecular formula is C48H58O8. The summed E-state index contributed by atoms with van der Waals surface area (Å²) in [6.45, 7) is 17.8. The first kappa shape index (κ1) is 42.3. The van der Waals surface area contributed by atoms with Crippen LogP contribution in [0.3, 0.4) is 0 Å². The Kier molecular flexibility index (Phi) is 16.2. The Balaban J connectivity index is 1.50. The molecule has 56 heavy (non-hydrogen) atoms. The lowest BCUT2D eigenvalue weighted by molar-refractivity contribution is -0.0616. The zero-order chi connectivity index (χ0) is 39.9. The molecule has 298 valence electrons. The van der Waals surface area contributed by atoms with Crippen molar-refractivity contribution in [2.45, 2.75) is 92.4 Å². The summed E-state index contributed by atoms with van der Waals surface area (Å²) in [5, 5.41) is 0. The molecule has 4 unspecified atom stereocenters. The van der Waals surface area contributed by atoms with Crippen LogP contribution in [0.25, 0.3) is 0 Å². The molecule has 0 aliphatic carbocycles. The number of hydrogen-bond acceptors (Lipinski definition) is 8. The van der Waals surface area contributed by atoms with E-state index >= 15 is 0 Å². The summed E-state index contributed by atoms with van der Waals surface area (Å²) in [6.07, 6.45) is -1.34. The maximum absolute atomic E-state index is 5.99. The standard InChI is InChI=1S/C48H58O8/c1-9-49-33(5)53-43-25-17-39(18-26-43)47(40-19-27-44(28-20-40)54-34(6)50-10-2)37-13-15-38(16-14-37)48(41-21-29-45(30-22-41)55-35(7)51-11-3)42-23-31-46(32-24-42)56-36(8)52-12-4/h13-36,47-48H,9-12H2,1-8H3. The van der Waals surface area contributed by atoms with Crippen molar-refractivity contribution in [3.8, 4) is 23.0 Å². The number of ether oxygens (including phenoxy) is 8. The summed E-state index contributed by atoms with van der Waals surface area (Å²) in [6, 6.07) is 42.0. The van der Waals surface area contributed by atoms with Crippen molar-refractivity contribution in [3.63, 3.8) is 0 Å². The van der Waals surface area contributed by atoms with Gasteiger partial charge in [0.05, 0.1) is 0 Å². The summed E-state index contributed by atoms with van der Waals surface area (Å²) in [7, 11) is 0. The van der Waals surface area contributed by atoms with E-state index in [-0.39, 0.29) is 37.0 Å². The van der Waals surface area contributed by atoms with Gasteiger partial charge in [0, 0.05) is 38.3 Å². The normalized spacial score (nSPS) is 14.6. The van der Waals surface area contributed by atoms with Crippen LogP contribution in [-0.2, 0) is 18.9 Å². The van der Waals surface area contributed by atoms with Crippen molar-refractivity contribution in [1.82, 2.24) is 0 Å². The Morgan fingerprint density at radius 1 is 0.286 bits per heavy atom. The van der Waals surface area contributed by atoms with Gasteiger partial charge in [-0.05, 0) is 137 Å². The van der Waals surface area contributed by atoms with Gasteiger partial charge >= 0.3 is 0 Å². The van der Waals surface area contributed by atoms with Gasteiger partial charge in [0.25, 0.3) is 0 Å². The molecule has 5 aromatic rings. The van der Waals surface area contributed by atoms with Gasteiger partial charge in [0.2, 0.25) is 0 Å². The Morgan fingerprint density at radius 2 is 0.446 bits per heavy atom. The van der Waals surface area contributed by atoms with E-state index in [2.05, 4.69) is 72.8 Å². The maximum atomic E-state index is 5.99. The van der Waals surface area contributed by atoms with Crippen LogP contribution in [0.1, 0.15) is 101 Å². The van der Waals surface area contributed by atoms with Gasteiger partial charge < -0.3 is 37.9 Å². The van der Waals surface area contributed by atoms with Crippen molar-refractivity contribution in [2.75, 3.05) is 26.4 Å². The quantitative estimate of drug-likeness (QED) is 0.0510. The molecule has 0 fully saturated rings. The van der Waals surface area contributed by atoms with E-state index in [1.165, 1.54) is 0 Å². The summed E-state index contributed by atoms with van der Waals surface area (Å²) < 4.78 is 46.4. The average molecular weight is 763 g/mol. The van der Waals surface area contributed by atoms with E-state index in [0.29, 0.717) is 26.4 Å². The average Bonchev–Trinajstić information content (AvgIpc) is 3.19. The van der Waals surface area contributed by atoms with Gasteiger partial charge in [-0.1, -0.05) is 72.8 Å². The van der Waals surface area contributed by atoms with Gasteiger partial charge in [-0.25, -0.2) is 0 Å². The van der Waals surface area contributed by atoms with E-state index in [1.54, 1.807) is 0 Å². The lowest BCUT2D eigenvalue weighted by Crippen LogP contribution is -2.16. The third-order valence-electron chi connectivity index (χ3n) is 9.27. The number of rotatable bonds is 22. The van der Waals surface area contributed by atoms with Gasteiger partial charge in [-0.2, -0.15) is 0 Å². The molecule has 0 aliphatic heterocycles. The molecule has 0 heterocycles. The van der Waals surface area contributed by atoms with Crippen molar-refractivity contribution >= 4 is 0 Å². The van der Waals surface area contributed by atoms with E-state index in [1.807, 2.05) is 104 Å². The fourth-order valence-electron chi connectivity index (χ4n) is 6.83. The molecule has 0 bridgehead atoms. The summed E-state index contributed by atoms with van der Waals surface area (Å²) in [4.78, 5) is 0. The second-order valence-corrected chi connectivity index (χ2v) is 13.4. The second-order valence-electron chi connectivity index (χ2n) is 13.4. The zero-order valence-corrected chi connectivity index (χ0v) is 34.1. The predicted molar refractivity (Wildman–Crippen MR) is 221 cm³/mol. The minimum Gasteiger partial charge on any atom is -0.465 e. The topological polar surface area (TPSA) is 73.8 Å². The van der Waals surface area contributed by atoms with E-state index < -0.39 is 0 Å². The Bertz CT molecular complexity index is 1590. The molecule has 0 spiro atoms. The molecule has 4 atom stereocenters. The number of benzene rings is 5. The third-order valence-corrected chi connectivity index (χ3v) is 9.27. The summed E-state index contributed by atoms with van der Waals surface area (Å²) in [5.41, 5.74) is 6.85. The maximum Gasteiger partial charge on any atom is 0.196 e. The first-order chi connectivity index (χ1) is 27.2. The van der Waals surface area contributed by atoms with Crippen molar-refractivity contribution in [2.24, 2.45) is 0 Å². The molecule has 0 aliphatic rings. The molecule has 0 saturated carbocycles. The van der Waals surface area contributed by atoms with Crippen molar-refractivity contribution in [3.05, 3.63) is 155 Å². The van der Waals surface area contributed by atoms with Crippen LogP contribution in [0.4, 0.5) is 0 Å². The highest BCUT2D eigenvalue weighted by Crippen LogP contribution is 2.38. The molecule has 8 heteroatoms. The zero-order valence-electron chi connectivity index (χ0n) is 34.1. The van der Waals surface area contributed by atoms with Crippen LogP contribution in [-0.4, -0.2) is 51.6 Å². The second kappa shape index (κ2) is 21.4. The number of hydrogen-bond donors (Lipinski definition) is 0. The van der Waals surface area contributed by atoms with Crippen LogP contribution in [0.2, 0.25) is 0 Å². The van der Waals surface area contributed by atoms with Gasteiger partial charge in [-0.3, -0.25) is 0 Å². The highest BCUT2D eigenvalue weighted by atomic mass is 16.7. The van der Waals surface area contributed by atoms with Crippen molar-refractivity contribution < 1.29 is 37.9 Å². The largest absolute Gasteiger partial charge is 0.465 e. The van der Waals surface area contributed by atoms with E-state index in [9.17, 15) is 0 Å². The summed E-state index contributed by atoms with van der Waals surface area (Å²) >= 11 is 0. The van der Waals surface area contributed by atoms with Crippen LogP contribution in [0.5, 0.6) is 23.0 Å². The Morgan fingerprint density at radius 3 is 0.607 bits per heavy atom. The Labute approximate surface area is 333 Å². The molecular weight excluding hydrogens is 705 g/mol. The fraction of sp³-hybridized carbons (Fsp3) is 0.375. The van der Waals surface area contributed by atoms with Crippen LogP contribution >= 0.6 is 0 Å². The minimum absolute atomic E-state index is 0.0493. The van der Waals surface area contributed by atoms with E-state index in [0.717, 1.165) is 56.4 Å². The highest BCUT2D eigenvalue weighted by molar-refractivity contribution is 5.50.